The maximum atomic E-state index is 10.6. The molecule has 2 nitrogen and oxygen atoms in total. The van der Waals surface area contributed by atoms with Gasteiger partial charge in [0.2, 0.25) is 0 Å². The van der Waals surface area contributed by atoms with Crippen LogP contribution in [0.25, 0.3) is 10.9 Å². The molecule has 1 unspecified atom stereocenters. The van der Waals surface area contributed by atoms with Crippen LogP contribution in [0.5, 0.6) is 0 Å². The zero-order valence-electron chi connectivity index (χ0n) is 9.68. The first-order valence-electron chi connectivity index (χ1n) is 5.61. The van der Waals surface area contributed by atoms with Gasteiger partial charge >= 0.3 is 0 Å². The highest BCUT2D eigenvalue weighted by molar-refractivity contribution is 9.11. The molecular weight excluding hydrogens is 390 g/mol. The maximum absolute atomic E-state index is 10.6. The van der Waals surface area contributed by atoms with Gasteiger partial charge in [0.25, 0.3) is 0 Å². The second kappa shape index (κ2) is 5.32. The van der Waals surface area contributed by atoms with Crippen LogP contribution in [-0.4, -0.2) is 10.1 Å². The molecule has 0 spiro atoms. The van der Waals surface area contributed by atoms with Crippen molar-refractivity contribution in [2.45, 2.75) is 6.10 Å². The number of benzene rings is 1. The van der Waals surface area contributed by atoms with Crippen LogP contribution in [0.1, 0.15) is 17.2 Å². The lowest BCUT2D eigenvalue weighted by molar-refractivity contribution is 0.221. The Kier molecular flexibility index (Phi) is 3.71. The fraction of sp³-hybridized carbons (Fsp3) is 0.0714. The molecule has 0 saturated heterocycles. The summed E-state index contributed by atoms with van der Waals surface area (Å²) in [5.41, 5.74) is 2.51. The Bertz CT molecular complexity index is 741. The first-order chi connectivity index (χ1) is 9.18. The molecule has 0 bridgehead atoms. The van der Waals surface area contributed by atoms with Gasteiger partial charge in [-0.1, -0.05) is 28.1 Å². The highest BCUT2D eigenvalue weighted by atomic mass is 79.9. The van der Waals surface area contributed by atoms with Gasteiger partial charge in [-0.05, 0) is 33.4 Å². The molecule has 2 aromatic heterocycles. The van der Waals surface area contributed by atoms with Crippen LogP contribution in [0.15, 0.2) is 50.2 Å². The number of nitrogens with zero attached hydrogens (tertiary/aromatic N) is 1. The third-order valence-electron chi connectivity index (χ3n) is 2.98. The van der Waals surface area contributed by atoms with E-state index in [1.165, 1.54) is 0 Å². The van der Waals surface area contributed by atoms with Crippen molar-refractivity contribution in [2.75, 3.05) is 0 Å². The van der Waals surface area contributed by atoms with Gasteiger partial charge < -0.3 is 5.11 Å². The van der Waals surface area contributed by atoms with Gasteiger partial charge in [0.05, 0.1) is 5.52 Å². The monoisotopic (exact) mass is 397 g/mol. The Morgan fingerprint density at radius 2 is 1.89 bits per heavy atom. The zero-order chi connectivity index (χ0) is 13.4. The van der Waals surface area contributed by atoms with Gasteiger partial charge in [0.15, 0.2) is 0 Å². The summed E-state index contributed by atoms with van der Waals surface area (Å²) in [7, 11) is 0. The summed E-state index contributed by atoms with van der Waals surface area (Å²) in [6.07, 6.45) is 1.07. The van der Waals surface area contributed by atoms with Crippen LogP contribution in [0.3, 0.4) is 0 Å². The van der Waals surface area contributed by atoms with Gasteiger partial charge in [-0.15, -0.1) is 0 Å². The van der Waals surface area contributed by atoms with Crippen LogP contribution in [0, 0.1) is 0 Å². The molecule has 19 heavy (non-hydrogen) atoms. The second-order valence-corrected chi connectivity index (χ2v) is 6.57. The summed E-state index contributed by atoms with van der Waals surface area (Å²) in [6, 6.07) is 7.74. The molecule has 0 saturated carbocycles. The molecule has 0 aliphatic carbocycles. The van der Waals surface area contributed by atoms with E-state index in [9.17, 15) is 5.11 Å². The number of aromatic nitrogens is 1. The van der Waals surface area contributed by atoms with Gasteiger partial charge in [-0.25, -0.2) is 0 Å². The Hall–Kier alpha value is -0.750. The van der Waals surface area contributed by atoms with Crippen molar-refractivity contribution < 1.29 is 5.11 Å². The largest absolute Gasteiger partial charge is 0.384 e. The summed E-state index contributed by atoms with van der Waals surface area (Å²) in [5, 5.41) is 15.5. The molecule has 0 fully saturated rings. The van der Waals surface area contributed by atoms with Crippen LogP contribution in [0.4, 0.5) is 0 Å². The van der Waals surface area contributed by atoms with Gasteiger partial charge in [-0.3, -0.25) is 4.98 Å². The number of hydrogen-bond donors (Lipinski definition) is 1. The number of fused-ring (bicyclic) bond motifs is 1. The molecule has 0 amide bonds. The second-order valence-electron chi connectivity index (χ2n) is 4.11. The molecule has 96 valence electrons. The fourth-order valence-electron chi connectivity index (χ4n) is 2.03. The van der Waals surface area contributed by atoms with Crippen molar-refractivity contribution >= 4 is 54.1 Å². The molecule has 3 aromatic rings. The minimum absolute atomic E-state index is 0.675. The number of hydrogen-bond acceptors (Lipinski definition) is 3. The summed E-state index contributed by atoms with van der Waals surface area (Å²) >= 11 is 8.54. The van der Waals surface area contributed by atoms with E-state index in [0.29, 0.717) is 0 Å². The molecule has 5 heteroatoms. The predicted octanol–water partition coefficient (Wildman–Crippen LogP) is 4.90. The number of pyridine rings is 1. The Morgan fingerprint density at radius 3 is 2.63 bits per heavy atom. The smallest absolute Gasteiger partial charge is 0.108 e. The lowest BCUT2D eigenvalue weighted by atomic mass is 10.0. The quantitative estimate of drug-likeness (QED) is 0.665. The van der Waals surface area contributed by atoms with E-state index in [2.05, 4.69) is 36.8 Å². The number of halogens is 2. The van der Waals surface area contributed by atoms with E-state index in [4.69, 9.17) is 0 Å². The molecule has 1 N–H and O–H groups in total. The third-order valence-corrected chi connectivity index (χ3v) is 5.42. The summed E-state index contributed by atoms with van der Waals surface area (Å²) in [5.74, 6) is 0. The molecular formula is C14H9Br2NOS. The van der Waals surface area contributed by atoms with Gasteiger partial charge in [0.1, 0.15) is 6.10 Å². The molecule has 1 atom stereocenters. The molecule has 2 heterocycles. The number of rotatable bonds is 2. The van der Waals surface area contributed by atoms with Gasteiger partial charge in [0, 0.05) is 37.0 Å². The van der Waals surface area contributed by atoms with E-state index in [0.717, 1.165) is 31.0 Å². The van der Waals surface area contributed by atoms with E-state index in [1.807, 2.05) is 35.0 Å². The first kappa shape index (κ1) is 13.2. The highest BCUT2D eigenvalue weighted by Crippen LogP contribution is 2.35. The Labute approximate surface area is 131 Å². The Balaban J connectivity index is 2.21. The number of thiophene rings is 1. The van der Waals surface area contributed by atoms with Crippen LogP contribution in [0.2, 0.25) is 0 Å². The van der Waals surface area contributed by atoms with E-state index in [1.54, 1.807) is 17.5 Å². The van der Waals surface area contributed by atoms with Gasteiger partial charge in [-0.2, -0.15) is 11.3 Å². The summed E-state index contributed by atoms with van der Waals surface area (Å²) in [4.78, 5) is 4.40. The van der Waals surface area contributed by atoms with Crippen molar-refractivity contribution in [3.63, 3.8) is 0 Å². The van der Waals surface area contributed by atoms with Crippen molar-refractivity contribution in [1.29, 1.82) is 0 Å². The number of aliphatic hydroxyl groups is 1. The third kappa shape index (κ3) is 2.36. The topological polar surface area (TPSA) is 33.1 Å². The average molecular weight is 399 g/mol. The minimum atomic E-state index is -0.675. The lowest BCUT2D eigenvalue weighted by Gasteiger charge is -2.13. The predicted molar refractivity (Wildman–Crippen MR) is 85.5 cm³/mol. The maximum Gasteiger partial charge on any atom is 0.108 e. The highest BCUT2D eigenvalue weighted by Gasteiger charge is 2.18. The first-order valence-corrected chi connectivity index (χ1v) is 8.14. The molecule has 0 aliphatic heterocycles. The van der Waals surface area contributed by atoms with E-state index >= 15 is 0 Å². The molecule has 3 rings (SSSR count). The Morgan fingerprint density at radius 1 is 1.05 bits per heavy atom. The summed E-state index contributed by atoms with van der Waals surface area (Å²) in [6.45, 7) is 0. The van der Waals surface area contributed by atoms with Crippen molar-refractivity contribution in [2.24, 2.45) is 0 Å². The molecule has 1 aromatic carbocycles. The normalized spacial score (nSPS) is 12.8. The van der Waals surface area contributed by atoms with Crippen molar-refractivity contribution in [3.05, 3.63) is 61.3 Å². The standard InChI is InChI=1S/C14H9Br2NOS/c15-11-4-3-9(13-8(11)2-1-5-17-13)14(18)10-6-19-7-12(10)16/h1-7,14,18H. The van der Waals surface area contributed by atoms with Crippen LogP contribution in [-0.2, 0) is 0 Å². The number of aliphatic hydroxyl groups excluding tert-OH is 1. The van der Waals surface area contributed by atoms with Crippen molar-refractivity contribution in [3.8, 4) is 0 Å². The van der Waals surface area contributed by atoms with E-state index < -0.39 is 6.10 Å². The van der Waals surface area contributed by atoms with Crippen molar-refractivity contribution in [1.82, 2.24) is 4.98 Å². The minimum Gasteiger partial charge on any atom is -0.384 e. The fourth-order valence-corrected chi connectivity index (χ4v) is 4.02. The SMILES string of the molecule is OC(c1cscc1Br)c1ccc(Br)c2cccnc12. The summed E-state index contributed by atoms with van der Waals surface area (Å²) < 4.78 is 1.91. The molecule has 0 radical (unpaired) electrons. The van der Waals surface area contributed by atoms with Crippen LogP contribution >= 0.6 is 43.2 Å². The lowest BCUT2D eigenvalue weighted by Crippen LogP contribution is -2.01. The average Bonchev–Trinajstić information content (AvgIpc) is 2.85. The molecule has 0 aliphatic rings. The van der Waals surface area contributed by atoms with E-state index in [-0.39, 0.29) is 0 Å². The van der Waals surface area contributed by atoms with Crippen LogP contribution < -0.4 is 0 Å². The zero-order valence-corrected chi connectivity index (χ0v) is 13.7.